The van der Waals surface area contributed by atoms with Crippen LogP contribution in [0.4, 0.5) is 0 Å². The van der Waals surface area contributed by atoms with Crippen molar-refractivity contribution in [1.29, 1.82) is 0 Å². The van der Waals surface area contributed by atoms with Crippen LogP contribution in [0.1, 0.15) is 35.7 Å². The zero-order chi connectivity index (χ0) is 19.5. The number of hydrogen-bond acceptors (Lipinski definition) is 3. The Balaban J connectivity index is 1.76. The molecule has 0 aliphatic carbocycles. The number of benzene rings is 3. The van der Waals surface area contributed by atoms with Gasteiger partial charge in [-0.2, -0.15) is 0 Å². The summed E-state index contributed by atoms with van der Waals surface area (Å²) in [6, 6.07) is 24.9. The number of nitrogens with one attached hydrogen (secondary N) is 1. The van der Waals surface area contributed by atoms with Gasteiger partial charge in [0.2, 0.25) is 0 Å². The van der Waals surface area contributed by atoms with Crippen molar-refractivity contribution in [2.24, 2.45) is 4.99 Å². The lowest BCUT2D eigenvalue weighted by atomic mass is 9.95. The minimum absolute atomic E-state index is 0.0149. The largest absolute Gasteiger partial charge is 0.493 e. The molecule has 0 saturated carbocycles. The molecule has 28 heavy (non-hydrogen) atoms. The monoisotopic (exact) mass is 498 g/mol. The second-order valence-corrected chi connectivity index (χ2v) is 8.41. The van der Waals surface area contributed by atoms with Crippen molar-refractivity contribution in [2.75, 3.05) is 6.61 Å². The Hall–Kier alpha value is -2.11. The van der Waals surface area contributed by atoms with Crippen molar-refractivity contribution in [3.8, 4) is 5.75 Å². The smallest absolute Gasteiger partial charge is 0.133 e. The second-order valence-electron chi connectivity index (χ2n) is 6.58. The number of nitrogens with zero attached hydrogens (tertiary/aromatic N) is 1. The third kappa shape index (κ3) is 4.01. The van der Waals surface area contributed by atoms with Gasteiger partial charge in [-0.25, -0.2) is 0 Å². The van der Waals surface area contributed by atoms with Crippen LogP contribution in [0.2, 0.25) is 0 Å². The van der Waals surface area contributed by atoms with Gasteiger partial charge in [0.25, 0.3) is 0 Å². The van der Waals surface area contributed by atoms with Crippen molar-refractivity contribution >= 4 is 37.7 Å². The van der Waals surface area contributed by atoms with Crippen LogP contribution in [-0.4, -0.2) is 12.4 Å². The van der Waals surface area contributed by atoms with Crippen LogP contribution in [0, 0.1) is 0 Å². The fraction of sp³-hybridized carbons (Fsp3) is 0.174. The Labute approximate surface area is 182 Å². The van der Waals surface area contributed by atoms with Crippen molar-refractivity contribution < 1.29 is 4.74 Å². The molecule has 1 aliphatic heterocycles. The normalized spacial score (nSPS) is 18.5. The van der Waals surface area contributed by atoms with Gasteiger partial charge in [-0.3, -0.25) is 4.99 Å². The summed E-state index contributed by atoms with van der Waals surface area (Å²) in [6.45, 7) is 2.62. The molecular formula is C23H20Br2N2O. The summed E-state index contributed by atoms with van der Waals surface area (Å²) in [4.78, 5) is 5.08. The lowest BCUT2D eigenvalue weighted by molar-refractivity contribution is 0.339. The molecule has 3 nitrogen and oxygen atoms in total. The molecule has 0 saturated heterocycles. The summed E-state index contributed by atoms with van der Waals surface area (Å²) >= 11 is 7.05. The molecule has 142 valence electrons. The Morgan fingerprint density at radius 2 is 1.46 bits per heavy atom. The van der Waals surface area contributed by atoms with Gasteiger partial charge in [-0.1, -0.05) is 68.3 Å². The zero-order valence-corrected chi connectivity index (χ0v) is 18.6. The van der Waals surface area contributed by atoms with Crippen LogP contribution in [0.5, 0.6) is 5.75 Å². The van der Waals surface area contributed by atoms with Gasteiger partial charge in [-0.05, 0) is 54.4 Å². The average Bonchev–Trinajstić information content (AvgIpc) is 3.15. The van der Waals surface area contributed by atoms with Crippen LogP contribution in [0.25, 0.3) is 0 Å². The van der Waals surface area contributed by atoms with E-state index in [1.165, 1.54) is 11.1 Å². The molecule has 1 aliphatic rings. The summed E-state index contributed by atoms with van der Waals surface area (Å²) in [6.07, 6.45) is 0. The highest BCUT2D eigenvalue weighted by Gasteiger charge is 2.32. The number of rotatable bonds is 5. The fourth-order valence-corrected chi connectivity index (χ4v) is 3.96. The maximum absolute atomic E-state index is 5.83. The van der Waals surface area contributed by atoms with E-state index in [0.717, 1.165) is 26.1 Å². The first-order valence-electron chi connectivity index (χ1n) is 9.23. The van der Waals surface area contributed by atoms with Crippen molar-refractivity contribution in [1.82, 2.24) is 5.32 Å². The number of halogens is 2. The summed E-state index contributed by atoms with van der Waals surface area (Å²) in [7, 11) is 0. The second kappa shape index (κ2) is 8.50. The minimum Gasteiger partial charge on any atom is -0.493 e. The molecule has 5 heteroatoms. The van der Waals surface area contributed by atoms with Crippen LogP contribution in [-0.2, 0) is 0 Å². The number of para-hydroxylation sites is 1. The molecule has 0 fully saturated rings. The molecule has 0 amide bonds. The van der Waals surface area contributed by atoms with Gasteiger partial charge in [0, 0.05) is 8.95 Å². The fourth-order valence-electron chi connectivity index (χ4n) is 3.43. The summed E-state index contributed by atoms with van der Waals surface area (Å²) in [5.41, 5.74) is 3.36. The molecule has 0 spiro atoms. The summed E-state index contributed by atoms with van der Waals surface area (Å²) in [5.74, 6) is 1.71. The lowest BCUT2D eigenvalue weighted by Gasteiger charge is -2.20. The Kier molecular flexibility index (Phi) is 5.83. The summed E-state index contributed by atoms with van der Waals surface area (Å²) < 4.78 is 7.96. The maximum Gasteiger partial charge on any atom is 0.133 e. The molecule has 1 heterocycles. The summed E-state index contributed by atoms with van der Waals surface area (Å²) in [5, 5.41) is 3.65. The van der Waals surface area contributed by atoms with Gasteiger partial charge < -0.3 is 10.1 Å². The van der Waals surface area contributed by atoms with Crippen molar-refractivity contribution in [3.63, 3.8) is 0 Å². The first-order valence-corrected chi connectivity index (χ1v) is 10.8. The van der Waals surface area contributed by atoms with E-state index < -0.39 is 0 Å². The van der Waals surface area contributed by atoms with Crippen LogP contribution < -0.4 is 10.1 Å². The first kappa shape index (κ1) is 19.2. The number of ether oxygens (including phenoxy) is 1. The molecule has 0 bridgehead atoms. The van der Waals surface area contributed by atoms with Crippen molar-refractivity contribution in [2.45, 2.75) is 19.0 Å². The van der Waals surface area contributed by atoms with E-state index in [2.05, 4.69) is 91.8 Å². The first-order chi connectivity index (χ1) is 13.7. The lowest BCUT2D eigenvalue weighted by Crippen LogP contribution is -2.25. The molecular weight excluding hydrogens is 480 g/mol. The number of hydrogen-bond donors (Lipinski definition) is 1. The molecule has 0 aromatic heterocycles. The van der Waals surface area contributed by atoms with E-state index in [0.29, 0.717) is 6.61 Å². The van der Waals surface area contributed by atoms with E-state index in [1.54, 1.807) is 0 Å². The van der Waals surface area contributed by atoms with E-state index in [9.17, 15) is 0 Å². The molecule has 2 unspecified atom stereocenters. The predicted octanol–water partition coefficient (Wildman–Crippen LogP) is 6.44. The van der Waals surface area contributed by atoms with Crippen molar-refractivity contribution in [3.05, 3.63) is 98.4 Å². The molecule has 1 N–H and O–H groups in total. The van der Waals surface area contributed by atoms with Gasteiger partial charge in [0.05, 0.1) is 18.2 Å². The molecule has 4 rings (SSSR count). The Morgan fingerprint density at radius 1 is 0.857 bits per heavy atom. The molecule has 3 aromatic rings. The molecule has 2 atom stereocenters. The standard InChI is InChI=1S/C23H20Br2N2O/c1-2-28-20-6-4-3-5-19(20)23-26-21(15-7-11-17(24)12-8-15)22(27-23)16-9-13-18(25)14-10-16/h3-14,21-22H,2H2,1H3,(H,26,27). The van der Waals surface area contributed by atoms with Crippen LogP contribution in [0.3, 0.4) is 0 Å². The zero-order valence-electron chi connectivity index (χ0n) is 15.4. The number of amidine groups is 1. The van der Waals surface area contributed by atoms with E-state index in [1.807, 2.05) is 25.1 Å². The van der Waals surface area contributed by atoms with E-state index in [4.69, 9.17) is 9.73 Å². The number of aliphatic imine (C=N–C) groups is 1. The van der Waals surface area contributed by atoms with Gasteiger partial charge in [0.15, 0.2) is 0 Å². The third-order valence-electron chi connectivity index (χ3n) is 4.76. The van der Waals surface area contributed by atoms with Gasteiger partial charge >= 0.3 is 0 Å². The highest BCUT2D eigenvalue weighted by Crippen LogP contribution is 2.38. The van der Waals surface area contributed by atoms with Crippen LogP contribution in [0.15, 0.2) is 86.7 Å². The maximum atomic E-state index is 5.83. The average molecular weight is 500 g/mol. The Morgan fingerprint density at radius 3 is 2.11 bits per heavy atom. The predicted molar refractivity (Wildman–Crippen MR) is 121 cm³/mol. The third-order valence-corrected chi connectivity index (χ3v) is 5.82. The highest BCUT2D eigenvalue weighted by atomic mass is 79.9. The van der Waals surface area contributed by atoms with E-state index in [-0.39, 0.29) is 12.1 Å². The molecule has 3 aromatic carbocycles. The molecule has 0 radical (unpaired) electrons. The van der Waals surface area contributed by atoms with Gasteiger partial charge in [0.1, 0.15) is 17.6 Å². The SMILES string of the molecule is CCOc1ccccc1C1=NC(c2ccc(Br)cc2)C(c2ccc(Br)cc2)N1. The Bertz CT molecular complexity index is 984. The highest BCUT2D eigenvalue weighted by molar-refractivity contribution is 9.10. The quantitative estimate of drug-likeness (QED) is 0.438. The minimum atomic E-state index is -0.0149. The van der Waals surface area contributed by atoms with Gasteiger partial charge in [-0.15, -0.1) is 0 Å². The topological polar surface area (TPSA) is 33.6 Å². The van der Waals surface area contributed by atoms with Crippen LogP contribution >= 0.6 is 31.9 Å². The van der Waals surface area contributed by atoms with E-state index >= 15 is 0 Å².